The molecule has 1 heterocycles. The van der Waals surface area contributed by atoms with E-state index in [1.807, 2.05) is 0 Å². The Labute approximate surface area is 118 Å². The summed E-state index contributed by atoms with van der Waals surface area (Å²) in [5.41, 5.74) is -0.608. The molecule has 1 saturated heterocycles. The molecule has 20 heavy (non-hydrogen) atoms. The summed E-state index contributed by atoms with van der Waals surface area (Å²) in [5.74, 6) is -1.36. The van der Waals surface area contributed by atoms with Crippen LogP contribution in [0.2, 0.25) is 0 Å². The lowest BCUT2D eigenvalue weighted by atomic mass is 9.89. The Balaban J connectivity index is 2.67. The molecular weight excluding hydrogens is 262 g/mol. The molecule has 3 amide bonds. The summed E-state index contributed by atoms with van der Waals surface area (Å²) >= 11 is 0. The maximum Gasteiger partial charge on any atom is 0.326 e. The van der Waals surface area contributed by atoms with E-state index in [1.54, 1.807) is 27.8 Å². The van der Waals surface area contributed by atoms with Gasteiger partial charge in [-0.1, -0.05) is 13.8 Å². The van der Waals surface area contributed by atoms with Crippen LogP contribution in [-0.4, -0.2) is 54.1 Å². The highest BCUT2D eigenvalue weighted by molar-refractivity contribution is 5.86. The van der Waals surface area contributed by atoms with Crippen molar-refractivity contribution in [2.75, 3.05) is 20.1 Å². The summed E-state index contributed by atoms with van der Waals surface area (Å²) in [5, 5.41) is 14.2. The minimum Gasteiger partial charge on any atom is -0.480 e. The van der Waals surface area contributed by atoms with Crippen molar-refractivity contribution in [2.24, 2.45) is 11.3 Å². The minimum atomic E-state index is -1.05. The van der Waals surface area contributed by atoms with Gasteiger partial charge in [-0.05, 0) is 19.3 Å². The number of amides is 3. The SMILES string of the molecule is CNC(=O)C1(C)CCN(C(=O)N[C@H](C(=O)O)C(C)C)C1. The van der Waals surface area contributed by atoms with Crippen molar-refractivity contribution >= 4 is 17.9 Å². The van der Waals surface area contributed by atoms with Gasteiger partial charge in [0.1, 0.15) is 6.04 Å². The number of carboxylic acid groups (broad SMARTS) is 1. The molecule has 3 N–H and O–H groups in total. The van der Waals surface area contributed by atoms with Crippen molar-refractivity contribution in [3.8, 4) is 0 Å². The first-order valence-electron chi connectivity index (χ1n) is 6.71. The van der Waals surface area contributed by atoms with E-state index in [0.29, 0.717) is 19.5 Å². The lowest BCUT2D eigenvalue weighted by Crippen LogP contribution is -2.50. The first-order chi connectivity index (χ1) is 9.21. The summed E-state index contributed by atoms with van der Waals surface area (Å²) in [6, 6.07) is -1.35. The molecule has 1 aliphatic heterocycles. The van der Waals surface area contributed by atoms with Crippen LogP contribution < -0.4 is 10.6 Å². The number of carboxylic acids is 1. The van der Waals surface area contributed by atoms with E-state index in [9.17, 15) is 14.4 Å². The van der Waals surface area contributed by atoms with E-state index in [-0.39, 0.29) is 11.8 Å². The Morgan fingerprint density at radius 2 is 1.90 bits per heavy atom. The fourth-order valence-electron chi connectivity index (χ4n) is 2.36. The van der Waals surface area contributed by atoms with Crippen LogP contribution in [0.4, 0.5) is 4.79 Å². The third kappa shape index (κ3) is 3.40. The first kappa shape index (κ1) is 16.3. The second kappa shape index (κ2) is 6.11. The normalized spacial score (nSPS) is 23.6. The fraction of sp³-hybridized carbons (Fsp3) is 0.769. The summed E-state index contributed by atoms with van der Waals surface area (Å²) in [6.45, 7) is 6.01. The maximum absolute atomic E-state index is 12.1. The van der Waals surface area contributed by atoms with Gasteiger partial charge in [-0.3, -0.25) is 4.79 Å². The van der Waals surface area contributed by atoms with Crippen LogP contribution in [0, 0.1) is 11.3 Å². The molecule has 1 rings (SSSR count). The van der Waals surface area contributed by atoms with Gasteiger partial charge in [0.25, 0.3) is 0 Å². The van der Waals surface area contributed by atoms with E-state index >= 15 is 0 Å². The Hall–Kier alpha value is -1.79. The second-order valence-electron chi connectivity index (χ2n) is 5.82. The molecule has 1 fully saturated rings. The van der Waals surface area contributed by atoms with Crippen LogP contribution in [0.3, 0.4) is 0 Å². The Bertz CT molecular complexity index is 410. The van der Waals surface area contributed by atoms with Crippen LogP contribution in [0.15, 0.2) is 0 Å². The molecule has 1 aliphatic rings. The molecule has 7 heteroatoms. The minimum absolute atomic E-state index is 0.105. The smallest absolute Gasteiger partial charge is 0.326 e. The Morgan fingerprint density at radius 1 is 1.30 bits per heavy atom. The van der Waals surface area contributed by atoms with E-state index in [2.05, 4.69) is 10.6 Å². The van der Waals surface area contributed by atoms with Crippen molar-refractivity contribution in [2.45, 2.75) is 33.2 Å². The standard InChI is InChI=1S/C13H23N3O4/c1-8(2)9(10(17)18)15-12(20)16-6-5-13(3,7-16)11(19)14-4/h8-9H,5-7H2,1-4H3,(H,14,19)(H,15,20)(H,17,18)/t9-,13?/m0/s1. The topological polar surface area (TPSA) is 98.7 Å². The first-order valence-corrected chi connectivity index (χ1v) is 6.71. The van der Waals surface area contributed by atoms with Gasteiger partial charge in [0, 0.05) is 20.1 Å². The molecule has 7 nitrogen and oxygen atoms in total. The summed E-state index contributed by atoms with van der Waals surface area (Å²) in [7, 11) is 1.57. The van der Waals surface area contributed by atoms with Gasteiger partial charge < -0.3 is 20.6 Å². The Kier molecular flexibility index (Phi) is 4.97. The molecule has 0 saturated carbocycles. The summed E-state index contributed by atoms with van der Waals surface area (Å²) in [4.78, 5) is 36.4. The lowest BCUT2D eigenvalue weighted by Gasteiger charge is -2.25. The summed E-state index contributed by atoms with van der Waals surface area (Å²) in [6.07, 6.45) is 0.569. The zero-order valence-corrected chi connectivity index (χ0v) is 12.4. The zero-order valence-electron chi connectivity index (χ0n) is 12.4. The molecule has 0 aromatic heterocycles. The van der Waals surface area contributed by atoms with Crippen LogP contribution in [0.25, 0.3) is 0 Å². The number of rotatable bonds is 4. The number of nitrogens with zero attached hydrogens (tertiary/aromatic N) is 1. The van der Waals surface area contributed by atoms with Crippen LogP contribution >= 0.6 is 0 Å². The highest BCUT2D eigenvalue weighted by atomic mass is 16.4. The second-order valence-corrected chi connectivity index (χ2v) is 5.82. The number of carbonyl (C=O) groups excluding carboxylic acids is 2. The van der Waals surface area contributed by atoms with Crippen molar-refractivity contribution in [3.05, 3.63) is 0 Å². The average Bonchev–Trinajstić information content (AvgIpc) is 2.77. The van der Waals surface area contributed by atoms with E-state index in [4.69, 9.17) is 5.11 Å². The van der Waals surface area contributed by atoms with Gasteiger partial charge in [-0.15, -0.1) is 0 Å². The van der Waals surface area contributed by atoms with Gasteiger partial charge in [-0.2, -0.15) is 0 Å². The van der Waals surface area contributed by atoms with Gasteiger partial charge >= 0.3 is 12.0 Å². The number of hydrogen-bond acceptors (Lipinski definition) is 3. The molecule has 0 aromatic rings. The third-order valence-electron chi connectivity index (χ3n) is 3.75. The zero-order chi connectivity index (χ0) is 15.5. The maximum atomic E-state index is 12.1. The monoisotopic (exact) mass is 285 g/mol. The lowest BCUT2D eigenvalue weighted by molar-refractivity contribution is -0.140. The highest BCUT2D eigenvalue weighted by Gasteiger charge is 2.42. The predicted molar refractivity (Wildman–Crippen MR) is 73.2 cm³/mol. The van der Waals surface area contributed by atoms with E-state index in [1.165, 1.54) is 4.90 Å². The van der Waals surface area contributed by atoms with Crippen molar-refractivity contribution in [1.82, 2.24) is 15.5 Å². The molecule has 0 aromatic carbocycles. The number of urea groups is 1. The van der Waals surface area contributed by atoms with Gasteiger partial charge in [0.05, 0.1) is 5.41 Å². The average molecular weight is 285 g/mol. The third-order valence-corrected chi connectivity index (χ3v) is 3.75. The highest BCUT2D eigenvalue weighted by Crippen LogP contribution is 2.30. The van der Waals surface area contributed by atoms with Crippen LogP contribution in [-0.2, 0) is 9.59 Å². The largest absolute Gasteiger partial charge is 0.480 e. The quantitative estimate of drug-likeness (QED) is 0.690. The molecule has 0 spiro atoms. The number of carbonyl (C=O) groups is 3. The van der Waals surface area contributed by atoms with Crippen LogP contribution in [0.1, 0.15) is 27.2 Å². The van der Waals surface area contributed by atoms with E-state index in [0.717, 1.165) is 0 Å². The van der Waals surface area contributed by atoms with Gasteiger partial charge in [0.15, 0.2) is 0 Å². The number of likely N-dealkylation sites (tertiary alicyclic amines) is 1. The Morgan fingerprint density at radius 3 is 2.35 bits per heavy atom. The molecule has 0 radical (unpaired) electrons. The van der Waals surface area contributed by atoms with Crippen molar-refractivity contribution in [3.63, 3.8) is 0 Å². The van der Waals surface area contributed by atoms with Crippen molar-refractivity contribution < 1.29 is 19.5 Å². The van der Waals surface area contributed by atoms with Gasteiger partial charge in [-0.25, -0.2) is 9.59 Å². The van der Waals surface area contributed by atoms with Gasteiger partial charge in [0.2, 0.25) is 5.91 Å². The van der Waals surface area contributed by atoms with E-state index < -0.39 is 23.5 Å². The molecule has 1 unspecified atom stereocenters. The number of hydrogen-bond donors (Lipinski definition) is 3. The molecule has 0 aliphatic carbocycles. The predicted octanol–water partition coefficient (Wildman–Crippen LogP) is 0.263. The fourth-order valence-corrected chi connectivity index (χ4v) is 2.36. The molecular formula is C13H23N3O4. The summed E-state index contributed by atoms with van der Waals surface area (Å²) < 4.78 is 0. The van der Waals surface area contributed by atoms with Crippen LogP contribution in [0.5, 0.6) is 0 Å². The molecule has 2 atom stereocenters. The number of aliphatic carboxylic acids is 1. The van der Waals surface area contributed by atoms with Crippen molar-refractivity contribution in [1.29, 1.82) is 0 Å². The molecule has 114 valence electrons. The number of nitrogens with one attached hydrogen (secondary N) is 2. The molecule has 0 bridgehead atoms.